The van der Waals surface area contributed by atoms with Crippen LogP contribution in [0.3, 0.4) is 0 Å². The van der Waals surface area contributed by atoms with Crippen molar-refractivity contribution in [3.63, 3.8) is 0 Å². The van der Waals surface area contributed by atoms with E-state index in [1.165, 1.54) is 13.3 Å². The van der Waals surface area contributed by atoms with Gasteiger partial charge < -0.3 is 9.84 Å². The summed E-state index contributed by atoms with van der Waals surface area (Å²) >= 11 is 0. The molecule has 0 radical (unpaired) electrons. The van der Waals surface area contributed by atoms with E-state index >= 15 is 0 Å². The molecule has 3 aromatic rings. The summed E-state index contributed by atoms with van der Waals surface area (Å²) in [6.07, 6.45) is 2.29. The van der Waals surface area contributed by atoms with Crippen LogP contribution in [-0.2, 0) is 14.8 Å². The third-order valence-electron chi connectivity index (χ3n) is 4.37. The van der Waals surface area contributed by atoms with Crippen LogP contribution in [0.5, 0.6) is 11.5 Å². The number of nitrogens with one attached hydrogen (secondary N) is 1. The fraction of sp³-hybridized carbons (Fsp3) is 0.143. The van der Waals surface area contributed by atoms with E-state index in [1.807, 2.05) is 18.2 Å². The molecule has 0 aliphatic rings. The molecular formula is C21H21N3O5S. The molecule has 0 aromatic heterocycles. The number of methoxy groups -OCH3 is 1. The Kier molecular flexibility index (Phi) is 6.22. The zero-order chi connectivity index (χ0) is 21.7. The highest BCUT2D eigenvalue weighted by Gasteiger charge is 2.22. The van der Waals surface area contributed by atoms with Crippen LogP contribution in [0.2, 0.25) is 0 Å². The minimum absolute atomic E-state index is 0.119. The molecule has 0 unspecified atom stereocenters. The number of rotatable bonds is 7. The Morgan fingerprint density at radius 3 is 2.57 bits per heavy atom. The van der Waals surface area contributed by atoms with Crippen molar-refractivity contribution in [2.75, 3.05) is 24.2 Å². The van der Waals surface area contributed by atoms with E-state index in [2.05, 4.69) is 10.5 Å². The number of amides is 1. The number of sulfonamides is 1. The quantitative estimate of drug-likeness (QED) is 0.445. The maximum atomic E-state index is 12.4. The highest BCUT2D eigenvalue weighted by molar-refractivity contribution is 7.92. The number of hydrogen-bond acceptors (Lipinski definition) is 6. The highest BCUT2D eigenvalue weighted by Crippen LogP contribution is 2.29. The number of anilines is 1. The van der Waals surface area contributed by atoms with Crippen LogP contribution in [0.25, 0.3) is 10.8 Å². The van der Waals surface area contributed by atoms with Crippen molar-refractivity contribution >= 4 is 38.6 Å². The summed E-state index contributed by atoms with van der Waals surface area (Å²) in [7, 11) is -2.31. The summed E-state index contributed by atoms with van der Waals surface area (Å²) in [5, 5.41) is 15.4. The molecule has 156 valence electrons. The monoisotopic (exact) mass is 427 g/mol. The maximum absolute atomic E-state index is 12.4. The summed E-state index contributed by atoms with van der Waals surface area (Å²) in [6, 6.07) is 17.4. The first kappa shape index (κ1) is 21.1. The van der Waals surface area contributed by atoms with E-state index < -0.39 is 22.5 Å². The molecule has 8 nitrogen and oxygen atoms in total. The molecule has 0 fully saturated rings. The summed E-state index contributed by atoms with van der Waals surface area (Å²) in [4.78, 5) is 12.4. The number of carbonyl (C=O) groups is 1. The average molecular weight is 427 g/mol. The molecule has 9 heteroatoms. The molecule has 0 heterocycles. The first-order chi connectivity index (χ1) is 14.3. The van der Waals surface area contributed by atoms with E-state index in [-0.39, 0.29) is 11.5 Å². The number of phenolic OH excluding ortho intramolecular Hbond substituents is 1. The van der Waals surface area contributed by atoms with Gasteiger partial charge in [-0.25, -0.2) is 13.8 Å². The molecule has 0 saturated carbocycles. The fourth-order valence-corrected chi connectivity index (χ4v) is 3.82. The number of hydrogen-bond donors (Lipinski definition) is 2. The molecule has 0 bridgehead atoms. The molecule has 0 spiro atoms. The van der Waals surface area contributed by atoms with Crippen molar-refractivity contribution in [1.29, 1.82) is 0 Å². The summed E-state index contributed by atoms with van der Waals surface area (Å²) < 4.78 is 30.8. The van der Waals surface area contributed by atoms with Crippen molar-refractivity contribution in [2.45, 2.75) is 0 Å². The van der Waals surface area contributed by atoms with Gasteiger partial charge in [0.1, 0.15) is 6.54 Å². The second-order valence-corrected chi connectivity index (χ2v) is 8.37. The Labute approximate surface area is 174 Å². The SMILES string of the molecule is COc1cccc(/C=N\NC(=O)CN(c2cccc3ccccc23)S(C)(=O)=O)c1O. The van der Waals surface area contributed by atoms with Gasteiger partial charge in [0.15, 0.2) is 11.5 Å². The molecule has 0 saturated heterocycles. The molecule has 0 atom stereocenters. The lowest BCUT2D eigenvalue weighted by Crippen LogP contribution is -2.39. The molecule has 3 aromatic carbocycles. The van der Waals surface area contributed by atoms with Crippen molar-refractivity contribution in [3.8, 4) is 11.5 Å². The molecule has 0 aliphatic carbocycles. The summed E-state index contributed by atoms with van der Waals surface area (Å²) in [5.41, 5.74) is 3.03. The Bertz CT molecular complexity index is 1200. The zero-order valence-corrected chi connectivity index (χ0v) is 17.3. The molecule has 2 N–H and O–H groups in total. The molecule has 3 rings (SSSR count). The number of ether oxygens (including phenoxy) is 1. The number of hydrazone groups is 1. The van der Waals surface area contributed by atoms with Gasteiger partial charge in [-0.1, -0.05) is 42.5 Å². The Morgan fingerprint density at radius 1 is 1.13 bits per heavy atom. The molecular weight excluding hydrogens is 406 g/mol. The summed E-state index contributed by atoms with van der Waals surface area (Å²) in [6.45, 7) is -0.450. The number of aromatic hydroxyl groups is 1. The van der Waals surface area contributed by atoms with Crippen molar-refractivity contribution in [2.24, 2.45) is 5.10 Å². The third-order valence-corrected chi connectivity index (χ3v) is 5.49. The number of para-hydroxylation sites is 1. The minimum Gasteiger partial charge on any atom is -0.504 e. The lowest BCUT2D eigenvalue weighted by atomic mass is 10.1. The lowest BCUT2D eigenvalue weighted by Gasteiger charge is -2.23. The molecule has 1 amide bonds. The van der Waals surface area contributed by atoms with Gasteiger partial charge in [0, 0.05) is 10.9 Å². The second-order valence-electron chi connectivity index (χ2n) is 6.46. The van der Waals surface area contributed by atoms with Crippen LogP contribution in [0.15, 0.2) is 65.8 Å². The number of fused-ring (bicyclic) bond motifs is 1. The maximum Gasteiger partial charge on any atom is 0.260 e. The van der Waals surface area contributed by atoms with Gasteiger partial charge in [-0.05, 0) is 23.6 Å². The van der Waals surface area contributed by atoms with E-state index in [1.54, 1.807) is 42.5 Å². The van der Waals surface area contributed by atoms with Crippen molar-refractivity contribution in [3.05, 3.63) is 66.2 Å². The average Bonchev–Trinajstić information content (AvgIpc) is 2.72. The van der Waals surface area contributed by atoms with Crippen LogP contribution in [0, 0.1) is 0 Å². The van der Waals surface area contributed by atoms with Gasteiger partial charge in [0.2, 0.25) is 10.0 Å². The van der Waals surface area contributed by atoms with Gasteiger partial charge in [-0.2, -0.15) is 5.10 Å². The lowest BCUT2D eigenvalue weighted by molar-refractivity contribution is -0.119. The van der Waals surface area contributed by atoms with E-state index in [0.717, 1.165) is 15.9 Å². The fourth-order valence-electron chi connectivity index (χ4n) is 2.95. The number of carbonyl (C=O) groups excluding carboxylic acids is 1. The van der Waals surface area contributed by atoms with E-state index in [4.69, 9.17) is 4.74 Å². The topological polar surface area (TPSA) is 108 Å². The number of benzene rings is 3. The summed E-state index contributed by atoms with van der Waals surface area (Å²) in [5.74, 6) is -0.483. The van der Waals surface area contributed by atoms with Crippen LogP contribution in [0.1, 0.15) is 5.56 Å². The number of nitrogens with zero attached hydrogens (tertiary/aromatic N) is 2. The van der Waals surface area contributed by atoms with Gasteiger partial charge >= 0.3 is 0 Å². The molecule has 0 aliphatic heterocycles. The van der Waals surface area contributed by atoms with E-state index in [9.17, 15) is 18.3 Å². The minimum atomic E-state index is -3.73. The Balaban J connectivity index is 1.80. The third kappa shape index (κ3) is 4.69. The van der Waals surface area contributed by atoms with Crippen molar-refractivity contribution in [1.82, 2.24) is 5.43 Å². The predicted octanol–water partition coefficient (Wildman–Crippen LogP) is 2.47. The standard InChI is InChI=1S/C21H21N3O5S/c1-29-19-12-6-9-16(21(19)26)13-22-23-20(25)14-24(30(2,27)28)18-11-5-8-15-7-3-4-10-17(15)18/h3-13,26H,14H2,1-2H3,(H,23,25)/b22-13-. The Morgan fingerprint density at radius 2 is 1.83 bits per heavy atom. The van der Waals surface area contributed by atoms with Crippen LogP contribution in [0.4, 0.5) is 5.69 Å². The van der Waals surface area contributed by atoms with E-state index in [0.29, 0.717) is 16.6 Å². The first-order valence-electron chi connectivity index (χ1n) is 8.94. The Hall–Kier alpha value is -3.59. The van der Waals surface area contributed by atoms with Crippen LogP contribution >= 0.6 is 0 Å². The smallest absolute Gasteiger partial charge is 0.260 e. The largest absolute Gasteiger partial charge is 0.504 e. The molecule has 30 heavy (non-hydrogen) atoms. The first-order valence-corrected chi connectivity index (χ1v) is 10.8. The highest BCUT2D eigenvalue weighted by atomic mass is 32.2. The van der Waals surface area contributed by atoms with Crippen molar-refractivity contribution < 1.29 is 23.1 Å². The van der Waals surface area contributed by atoms with Crippen LogP contribution in [-0.4, -0.2) is 45.6 Å². The van der Waals surface area contributed by atoms with Gasteiger partial charge in [-0.15, -0.1) is 0 Å². The predicted molar refractivity (Wildman–Crippen MR) is 117 cm³/mol. The zero-order valence-electron chi connectivity index (χ0n) is 16.4. The van der Waals surface area contributed by atoms with Gasteiger partial charge in [0.25, 0.3) is 5.91 Å². The normalized spacial score (nSPS) is 11.5. The van der Waals surface area contributed by atoms with Gasteiger partial charge in [0.05, 0.1) is 25.3 Å². The van der Waals surface area contributed by atoms with Gasteiger partial charge in [-0.3, -0.25) is 9.10 Å². The van der Waals surface area contributed by atoms with Crippen LogP contribution < -0.4 is 14.5 Å². The second kappa shape index (κ2) is 8.83. The number of phenols is 1.